The van der Waals surface area contributed by atoms with Crippen molar-refractivity contribution in [1.29, 1.82) is 0 Å². The largest absolute Gasteiger partial charge is 0.468 e. The Balaban J connectivity index is 2.05. The Kier molecular flexibility index (Phi) is 4.75. The van der Waals surface area contributed by atoms with Gasteiger partial charge in [-0.1, -0.05) is 0 Å². The predicted octanol–water partition coefficient (Wildman–Crippen LogP) is 0.440. The third-order valence-corrected chi connectivity index (χ3v) is 3.12. The van der Waals surface area contributed by atoms with E-state index in [1.807, 2.05) is 4.90 Å². The highest BCUT2D eigenvalue weighted by molar-refractivity contribution is 5.86. The van der Waals surface area contributed by atoms with E-state index in [1.165, 1.54) is 14.2 Å². The smallest absolute Gasteiger partial charge is 0.373 e. The minimum atomic E-state index is -0.525. The zero-order valence-corrected chi connectivity index (χ0v) is 11.5. The molecule has 1 aliphatic rings. The summed E-state index contributed by atoms with van der Waals surface area (Å²) in [5, 5.41) is 0. The number of furan rings is 1. The maximum absolute atomic E-state index is 11.7. The van der Waals surface area contributed by atoms with E-state index < -0.39 is 12.0 Å². The highest BCUT2D eigenvalue weighted by Gasteiger charge is 2.31. The number of hydrogen-bond acceptors (Lipinski definition) is 7. The van der Waals surface area contributed by atoms with Crippen LogP contribution in [-0.4, -0.2) is 56.9 Å². The van der Waals surface area contributed by atoms with E-state index in [0.717, 1.165) is 0 Å². The van der Waals surface area contributed by atoms with E-state index in [-0.39, 0.29) is 18.3 Å². The zero-order valence-electron chi connectivity index (χ0n) is 11.5. The number of rotatable bonds is 4. The molecule has 2 heterocycles. The third kappa shape index (κ3) is 3.17. The van der Waals surface area contributed by atoms with Crippen LogP contribution in [0.25, 0.3) is 0 Å². The molecule has 2 rings (SSSR count). The number of morpholine rings is 1. The highest BCUT2D eigenvalue weighted by atomic mass is 16.5. The van der Waals surface area contributed by atoms with Gasteiger partial charge < -0.3 is 18.6 Å². The number of methoxy groups -OCH3 is 2. The number of hydrogen-bond donors (Lipinski definition) is 0. The fourth-order valence-corrected chi connectivity index (χ4v) is 2.05. The maximum atomic E-state index is 11.7. The Labute approximate surface area is 116 Å². The van der Waals surface area contributed by atoms with E-state index in [1.54, 1.807) is 12.1 Å². The summed E-state index contributed by atoms with van der Waals surface area (Å²) in [6.45, 7) is 1.82. The van der Waals surface area contributed by atoms with E-state index in [0.29, 0.717) is 25.5 Å². The Morgan fingerprint density at radius 3 is 2.85 bits per heavy atom. The van der Waals surface area contributed by atoms with Crippen LogP contribution in [0, 0.1) is 0 Å². The lowest BCUT2D eigenvalue weighted by atomic mass is 10.2. The second kappa shape index (κ2) is 6.53. The number of nitrogens with zero attached hydrogens (tertiary/aromatic N) is 1. The van der Waals surface area contributed by atoms with Crippen molar-refractivity contribution in [3.63, 3.8) is 0 Å². The summed E-state index contributed by atoms with van der Waals surface area (Å²) in [5.74, 6) is -0.140. The number of esters is 2. The molecule has 1 aromatic heterocycles. The van der Waals surface area contributed by atoms with Crippen LogP contribution in [0.1, 0.15) is 16.3 Å². The molecule has 1 saturated heterocycles. The molecular formula is C13H17NO6. The molecule has 0 aromatic carbocycles. The van der Waals surface area contributed by atoms with Gasteiger partial charge in [-0.3, -0.25) is 9.69 Å². The molecule has 0 bridgehead atoms. The van der Waals surface area contributed by atoms with Crippen molar-refractivity contribution in [2.24, 2.45) is 0 Å². The fraction of sp³-hybridized carbons (Fsp3) is 0.538. The van der Waals surface area contributed by atoms with Gasteiger partial charge in [-0.05, 0) is 12.1 Å². The summed E-state index contributed by atoms with van der Waals surface area (Å²) in [6.07, 6.45) is 0. The van der Waals surface area contributed by atoms with Crippen molar-refractivity contribution in [2.75, 3.05) is 34.0 Å². The van der Waals surface area contributed by atoms with Gasteiger partial charge in [-0.25, -0.2) is 4.79 Å². The summed E-state index contributed by atoms with van der Waals surface area (Å²) < 4.78 is 20.0. The lowest BCUT2D eigenvalue weighted by molar-refractivity contribution is -0.153. The Morgan fingerprint density at radius 2 is 2.15 bits per heavy atom. The first-order valence-corrected chi connectivity index (χ1v) is 6.22. The standard InChI is InChI=1S/C13H17NO6/c1-17-12(15)10-8-19-6-5-14(10)7-9-3-4-11(20-9)13(16)18-2/h3-4,10H,5-8H2,1-2H3. The monoisotopic (exact) mass is 283 g/mol. The number of carbonyl (C=O) groups is 2. The molecule has 0 spiro atoms. The summed E-state index contributed by atoms with van der Waals surface area (Å²) in [7, 11) is 2.64. The Bertz CT molecular complexity index is 483. The van der Waals surface area contributed by atoms with Crippen molar-refractivity contribution < 1.29 is 28.2 Å². The first-order valence-electron chi connectivity index (χ1n) is 6.22. The topological polar surface area (TPSA) is 78.2 Å². The van der Waals surface area contributed by atoms with Crippen LogP contribution < -0.4 is 0 Å². The molecule has 20 heavy (non-hydrogen) atoms. The van der Waals surface area contributed by atoms with Crippen LogP contribution in [0.5, 0.6) is 0 Å². The van der Waals surface area contributed by atoms with Crippen molar-refractivity contribution in [1.82, 2.24) is 4.90 Å². The second-order valence-electron chi connectivity index (χ2n) is 4.34. The molecule has 0 radical (unpaired) electrons. The second-order valence-corrected chi connectivity index (χ2v) is 4.34. The van der Waals surface area contributed by atoms with Crippen LogP contribution in [0.3, 0.4) is 0 Å². The molecule has 0 amide bonds. The van der Waals surface area contributed by atoms with Crippen molar-refractivity contribution >= 4 is 11.9 Å². The molecule has 0 saturated carbocycles. The number of ether oxygens (including phenoxy) is 3. The van der Waals surface area contributed by atoms with Gasteiger partial charge in [-0.15, -0.1) is 0 Å². The van der Waals surface area contributed by atoms with Gasteiger partial charge in [-0.2, -0.15) is 0 Å². The van der Waals surface area contributed by atoms with Crippen LogP contribution in [0.4, 0.5) is 0 Å². The molecule has 1 aromatic rings. The van der Waals surface area contributed by atoms with Crippen LogP contribution >= 0.6 is 0 Å². The molecule has 0 N–H and O–H groups in total. The third-order valence-electron chi connectivity index (χ3n) is 3.12. The van der Waals surface area contributed by atoms with Crippen molar-refractivity contribution in [3.05, 3.63) is 23.7 Å². The lowest BCUT2D eigenvalue weighted by Crippen LogP contribution is -2.49. The van der Waals surface area contributed by atoms with Crippen LogP contribution in [-0.2, 0) is 25.5 Å². The van der Waals surface area contributed by atoms with E-state index >= 15 is 0 Å². The Hall–Kier alpha value is -1.86. The van der Waals surface area contributed by atoms with Crippen molar-refractivity contribution in [3.8, 4) is 0 Å². The molecule has 1 unspecified atom stereocenters. The zero-order chi connectivity index (χ0) is 14.5. The first kappa shape index (κ1) is 14.5. The molecule has 7 nitrogen and oxygen atoms in total. The lowest BCUT2D eigenvalue weighted by Gasteiger charge is -2.32. The summed E-state index contributed by atoms with van der Waals surface area (Å²) in [6, 6.07) is 2.78. The average molecular weight is 283 g/mol. The quantitative estimate of drug-likeness (QED) is 0.742. The molecular weight excluding hydrogens is 266 g/mol. The molecule has 1 aliphatic heterocycles. The van der Waals surface area contributed by atoms with Gasteiger partial charge in [0.1, 0.15) is 11.8 Å². The fourth-order valence-electron chi connectivity index (χ4n) is 2.05. The molecule has 110 valence electrons. The molecule has 7 heteroatoms. The summed E-state index contributed by atoms with van der Waals surface area (Å²) in [4.78, 5) is 24.9. The van der Waals surface area contributed by atoms with Gasteiger partial charge in [0.05, 0.1) is 34.0 Å². The van der Waals surface area contributed by atoms with E-state index in [9.17, 15) is 9.59 Å². The highest BCUT2D eigenvalue weighted by Crippen LogP contribution is 2.16. The van der Waals surface area contributed by atoms with E-state index in [2.05, 4.69) is 4.74 Å². The minimum absolute atomic E-state index is 0.144. The predicted molar refractivity (Wildman–Crippen MR) is 67.1 cm³/mol. The van der Waals surface area contributed by atoms with Crippen molar-refractivity contribution in [2.45, 2.75) is 12.6 Å². The van der Waals surface area contributed by atoms with Gasteiger partial charge in [0.15, 0.2) is 0 Å². The van der Waals surface area contributed by atoms with Crippen LogP contribution in [0.15, 0.2) is 16.5 Å². The van der Waals surface area contributed by atoms with Gasteiger partial charge in [0.2, 0.25) is 5.76 Å². The molecule has 0 aliphatic carbocycles. The maximum Gasteiger partial charge on any atom is 0.373 e. The SMILES string of the molecule is COC(=O)c1ccc(CN2CCOCC2C(=O)OC)o1. The van der Waals surface area contributed by atoms with Gasteiger partial charge in [0.25, 0.3) is 0 Å². The molecule has 1 fully saturated rings. The normalized spacial score (nSPS) is 19.6. The van der Waals surface area contributed by atoms with Crippen LogP contribution in [0.2, 0.25) is 0 Å². The van der Waals surface area contributed by atoms with E-state index in [4.69, 9.17) is 13.9 Å². The minimum Gasteiger partial charge on any atom is -0.468 e. The van der Waals surface area contributed by atoms with Gasteiger partial charge >= 0.3 is 11.9 Å². The summed E-state index contributed by atoms with van der Waals surface area (Å²) in [5.41, 5.74) is 0. The molecule has 1 atom stereocenters. The first-order chi connectivity index (χ1) is 9.65. The Morgan fingerprint density at radius 1 is 1.35 bits per heavy atom. The number of carbonyl (C=O) groups excluding carboxylic acids is 2. The summed E-state index contributed by atoms with van der Waals surface area (Å²) >= 11 is 0. The average Bonchev–Trinajstić information content (AvgIpc) is 2.94. The van der Waals surface area contributed by atoms with Gasteiger partial charge in [0, 0.05) is 6.54 Å².